The lowest BCUT2D eigenvalue weighted by molar-refractivity contribution is 0.0969. The SMILES string of the molecule is N#Cc1ccc(F)cc1Cl.N#Cc1ccc(OCC(CO)CO)cc1Cl.OCC(CO)CO. The van der Waals surface area contributed by atoms with Crippen LogP contribution in [0.3, 0.4) is 0 Å². The van der Waals surface area contributed by atoms with Crippen molar-refractivity contribution >= 4 is 23.2 Å². The predicted octanol–water partition coefficient (Wildman–Crippen LogP) is 2.12. The van der Waals surface area contributed by atoms with Crippen molar-refractivity contribution in [3.63, 3.8) is 0 Å². The number of aliphatic hydroxyl groups excluding tert-OH is 5. The predicted molar refractivity (Wildman–Crippen MR) is 120 cm³/mol. The average molecular weight is 503 g/mol. The van der Waals surface area contributed by atoms with Gasteiger partial charge in [0.05, 0.1) is 60.8 Å². The summed E-state index contributed by atoms with van der Waals surface area (Å²) in [6.45, 7) is -0.511. The first kappa shape index (κ1) is 30.5. The summed E-state index contributed by atoms with van der Waals surface area (Å²) in [5.74, 6) is -0.575. The summed E-state index contributed by atoms with van der Waals surface area (Å²) in [4.78, 5) is 0. The van der Waals surface area contributed by atoms with E-state index in [0.29, 0.717) is 21.9 Å². The van der Waals surface area contributed by atoms with Crippen molar-refractivity contribution in [1.82, 2.24) is 0 Å². The monoisotopic (exact) mass is 502 g/mol. The second-order valence-corrected chi connectivity index (χ2v) is 7.26. The number of halogens is 3. The Labute approximate surface area is 201 Å². The fourth-order valence-electron chi connectivity index (χ4n) is 1.81. The van der Waals surface area contributed by atoms with Gasteiger partial charge in [-0.05, 0) is 30.3 Å². The molecule has 0 amide bonds. The van der Waals surface area contributed by atoms with Gasteiger partial charge in [0.1, 0.15) is 23.7 Å². The van der Waals surface area contributed by atoms with Crippen LogP contribution in [0.15, 0.2) is 36.4 Å². The normalized spacial score (nSPS) is 9.82. The lowest BCUT2D eigenvalue weighted by Crippen LogP contribution is -2.19. The first-order chi connectivity index (χ1) is 15.8. The van der Waals surface area contributed by atoms with E-state index in [4.69, 9.17) is 64.0 Å². The van der Waals surface area contributed by atoms with E-state index in [0.717, 1.165) is 6.07 Å². The van der Waals surface area contributed by atoms with E-state index in [-0.39, 0.29) is 56.5 Å². The Kier molecular flexibility index (Phi) is 16.7. The van der Waals surface area contributed by atoms with Gasteiger partial charge in [-0.25, -0.2) is 4.39 Å². The molecule has 0 radical (unpaired) electrons. The molecule has 0 atom stereocenters. The molecule has 0 spiro atoms. The van der Waals surface area contributed by atoms with Crippen LogP contribution in [-0.2, 0) is 0 Å². The second kappa shape index (κ2) is 18.0. The molecule has 0 aliphatic rings. The third kappa shape index (κ3) is 12.4. The van der Waals surface area contributed by atoms with E-state index in [2.05, 4.69) is 0 Å². The maximum atomic E-state index is 12.3. The number of nitriles is 2. The van der Waals surface area contributed by atoms with E-state index in [9.17, 15) is 4.39 Å². The molecular formula is C22H25Cl2FN2O6. The van der Waals surface area contributed by atoms with Crippen LogP contribution in [0.1, 0.15) is 11.1 Å². The van der Waals surface area contributed by atoms with Gasteiger partial charge < -0.3 is 30.3 Å². The van der Waals surface area contributed by atoms with Crippen molar-refractivity contribution in [1.29, 1.82) is 10.5 Å². The van der Waals surface area contributed by atoms with Crippen molar-refractivity contribution in [2.75, 3.05) is 39.6 Å². The Morgan fingerprint density at radius 3 is 1.58 bits per heavy atom. The van der Waals surface area contributed by atoms with Gasteiger partial charge in [0, 0.05) is 17.9 Å². The first-order valence-corrected chi connectivity index (χ1v) is 10.3. The van der Waals surface area contributed by atoms with Crippen LogP contribution in [0.4, 0.5) is 4.39 Å². The second-order valence-electron chi connectivity index (χ2n) is 6.45. The molecule has 0 heterocycles. The maximum absolute atomic E-state index is 12.3. The van der Waals surface area contributed by atoms with Gasteiger partial charge >= 0.3 is 0 Å². The number of aliphatic hydroxyl groups is 5. The molecular weight excluding hydrogens is 478 g/mol. The zero-order valence-electron chi connectivity index (χ0n) is 17.5. The van der Waals surface area contributed by atoms with E-state index in [1.807, 2.05) is 12.1 Å². The van der Waals surface area contributed by atoms with Gasteiger partial charge in [0.25, 0.3) is 0 Å². The van der Waals surface area contributed by atoms with Gasteiger partial charge in [-0.3, -0.25) is 0 Å². The number of ether oxygens (including phenoxy) is 1. The summed E-state index contributed by atoms with van der Waals surface area (Å²) in [5.41, 5.74) is 0.679. The van der Waals surface area contributed by atoms with E-state index < -0.39 is 5.82 Å². The third-order valence-corrected chi connectivity index (χ3v) is 4.51. The van der Waals surface area contributed by atoms with Crippen molar-refractivity contribution in [2.24, 2.45) is 11.8 Å². The highest BCUT2D eigenvalue weighted by atomic mass is 35.5. The minimum Gasteiger partial charge on any atom is -0.493 e. The van der Waals surface area contributed by atoms with Crippen LogP contribution < -0.4 is 4.74 Å². The maximum Gasteiger partial charge on any atom is 0.124 e. The molecule has 2 rings (SSSR count). The van der Waals surface area contributed by atoms with Crippen molar-refractivity contribution < 1.29 is 34.7 Å². The largest absolute Gasteiger partial charge is 0.493 e. The number of rotatable bonds is 8. The molecule has 180 valence electrons. The first-order valence-electron chi connectivity index (χ1n) is 9.51. The quantitative estimate of drug-likeness (QED) is 0.367. The van der Waals surface area contributed by atoms with Gasteiger partial charge in [0.2, 0.25) is 0 Å². The molecule has 0 fully saturated rings. The number of benzene rings is 2. The molecule has 0 aromatic heterocycles. The Morgan fingerprint density at radius 2 is 1.21 bits per heavy atom. The summed E-state index contributed by atoms with van der Waals surface area (Å²) in [5, 5.41) is 59.8. The average Bonchev–Trinajstić information content (AvgIpc) is 2.82. The molecule has 5 N–H and O–H groups in total. The fraction of sp³-hybridized carbons (Fsp3) is 0.364. The minimum absolute atomic E-state index is 0.138. The van der Waals surface area contributed by atoms with Gasteiger partial charge in [0.15, 0.2) is 0 Å². The molecule has 0 aliphatic heterocycles. The third-order valence-electron chi connectivity index (χ3n) is 3.89. The molecule has 0 bridgehead atoms. The molecule has 0 saturated heterocycles. The van der Waals surface area contributed by atoms with Crippen LogP contribution in [-0.4, -0.2) is 65.2 Å². The van der Waals surface area contributed by atoms with Crippen LogP contribution in [0, 0.1) is 40.3 Å². The van der Waals surface area contributed by atoms with Crippen LogP contribution in [0.25, 0.3) is 0 Å². The summed E-state index contributed by atoms with van der Waals surface area (Å²) in [7, 11) is 0. The zero-order valence-corrected chi connectivity index (χ0v) is 19.0. The highest BCUT2D eigenvalue weighted by molar-refractivity contribution is 6.32. The number of nitrogens with zero attached hydrogens (tertiary/aromatic N) is 2. The molecule has 0 aliphatic carbocycles. The van der Waals surface area contributed by atoms with Gasteiger partial charge in [-0.2, -0.15) is 10.5 Å². The summed E-state index contributed by atoms with van der Waals surface area (Å²) in [6, 6.07) is 12.1. The Balaban J connectivity index is 0.000000514. The molecule has 11 heteroatoms. The summed E-state index contributed by atoms with van der Waals surface area (Å²) < 4.78 is 17.6. The van der Waals surface area contributed by atoms with Crippen LogP contribution >= 0.6 is 23.2 Å². The molecule has 0 saturated carbocycles. The lowest BCUT2D eigenvalue weighted by Gasteiger charge is -2.12. The van der Waals surface area contributed by atoms with E-state index in [1.165, 1.54) is 18.2 Å². The lowest BCUT2D eigenvalue weighted by atomic mass is 10.2. The summed E-state index contributed by atoms with van der Waals surface area (Å²) in [6.07, 6.45) is 0. The van der Waals surface area contributed by atoms with E-state index in [1.54, 1.807) is 12.1 Å². The number of hydrogen-bond donors (Lipinski definition) is 5. The fourth-order valence-corrected chi connectivity index (χ4v) is 2.23. The Morgan fingerprint density at radius 1 is 0.758 bits per heavy atom. The van der Waals surface area contributed by atoms with Gasteiger partial charge in [-0.15, -0.1) is 0 Å². The Bertz CT molecular complexity index is 907. The molecule has 8 nitrogen and oxygen atoms in total. The molecule has 2 aromatic carbocycles. The smallest absolute Gasteiger partial charge is 0.124 e. The molecule has 0 unspecified atom stereocenters. The van der Waals surface area contributed by atoms with Crippen LogP contribution in [0.2, 0.25) is 10.0 Å². The van der Waals surface area contributed by atoms with Crippen molar-refractivity contribution in [2.45, 2.75) is 0 Å². The van der Waals surface area contributed by atoms with Gasteiger partial charge in [-0.1, -0.05) is 23.2 Å². The van der Waals surface area contributed by atoms with Crippen molar-refractivity contribution in [3.8, 4) is 17.9 Å². The zero-order chi connectivity index (χ0) is 25.2. The van der Waals surface area contributed by atoms with E-state index >= 15 is 0 Å². The topological polar surface area (TPSA) is 158 Å². The Hall–Kier alpha value is -2.47. The van der Waals surface area contributed by atoms with Crippen LogP contribution in [0.5, 0.6) is 5.75 Å². The summed E-state index contributed by atoms with van der Waals surface area (Å²) >= 11 is 11.3. The minimum atomic E-state index is -0.427. The molecule has 33 heavy (non-hydrogen) atoms. The highest BCUT2D eigenvalue weighted by Crippen LogP contribution is 2.22. The standard InChI is InChI=1S/C11H12ClNO3.C7H3ClFN.C4H10O3/c12-11-3-10(2-1-9(11)4-13)16-7-8(5-14)6-15;8-7-3-6(9)2-1-5(7)4-10;5-1-4(2-6)3-7/h1-3,8,14-15H,5-7H2;1-3H;4-7H,1-3H2. The number of hydrogen-bond acceptors (Lipinski definition) is 8. The van der Waals surface area contributed by atoms with Crippen molar-refractivity contribution in [3.05, 3.63) is 63.4 Å². The highest BCUT2D eigenvalue weighted by Gasteiger charge is 2.08. The molecule has 2 aromatic rings.